The minimum absolute atomic E-state index is 0.152. The first kappa shape index (κ1) is 14.4. The molecule has 0 unspecified atom stereocenters. The lowest BCUT2D eigenvalue weighted by Crippen LogP contribution is -2.40. The van der Waals surface area contributed by atoms with Crippen LogP contribution in [0.5, 0.6) is 0 Å². The topological polar surface area (TPSA) is 46.3 Å². The third-order valence-electron chi connectivity index (χ3n) is 2.38. The fraction of sp³-hybridized carbons (Fsp3) is 0.917. The number of rotatable bonds is 7. The van der Waals surface area contributed by atoms with E-state index in [1.807, 2.05) is 20.9 Å². The van der Waals surface area contributed by atoms with Crippen LogP contribution in [-0.4, -0.2) is 29.9 Å². The highest BCUT2D eigenvalue weighted by molar-refractivity contribution is 5.76. The van der Waals surface area contributed by atoms with Gasteiger partial charge in [-0.25, -0.2) is 0 Å². The van der Waals surface area contributed by atoms with Gasteiger partial charge in [-0.3, -0.25) is 4.79 Å². The van der Waals surface area contributed by atoms with Gasteiger partial charge in [-0.1, -0.05) is 26.2 Å². The molecular weight excluding hydrogens is 188 g/mol. The van der Waals surface area contributed by atoms with Crippen molar-refractivity contribution < 1.29 is 4.79 Å². The van der Waals surface area contributed by atoms with Crippen molar-refractivity contribution in [2.45, 2.75) is 58.4 Å². The summed E-state index contributed by atoms with van der Waals surface area (Å²) >= 11 is 0. The van der Waals surface area contributed by atoms with Gasteiger partial charge in [0.05, 0.1) is 0 Å². The van der Waals surface area contributed by atoms with E-state index in [2.05, 4.69) is 6.92 Å². The van der Waals surface area contributed by atoms with Crippen molar-refractivity contribution in [1.29, 1.82) is 0 Å². The van der Waals surface area contributed by atoms with Crippen LogP contribution in [0.4, 0.5) is 0 Å². The molecule has 0 radical (unpaired) electrons. The van der Waals surface area contributed by atoms with Crippen molar-refractivity contribution in [2.75, 3.05) is 13.6 Å². The Labute approximate surface area is 94.0 Å². The van der Waals surface area contributed by atoms with Crippen molar-refractivity contribution in [3.8, 4) is 0 Å². The van der Waals surface area contributed by atoms with E-state index in [9.17, 15) is 4.79 Å². The monoisotopic (exact) mass is 214 g/mol. The maximum atomic E-state index is 11.7. The van der Waals surface area contributed by atoms with Crippen LogP contribution in [0.2, 0.25) is 0 Å². The molecule has 2 N–H and O–H groups in total. The molecule has 0 aliphatic carbocycles. The molecule has 0 aliphatic rings. The number of nitrogens with two attached hydrogens (primary N) is 1. The van der Waals surface area contributed by atoms with Crippen molar-refractivity contribution in [3.63, 3.8) is 0 Å². The van der Waals surface area contributed by atoms with Crippen LogP contribution in [0.25, 0.3) is 0 Å². The largest absolute Gasteiger partial charge is 0.346 e. The average molecular weight is 214 g/mol. The minimum Gasteiger partial charge on any atom is -0.346 e. The molecule has 3 heteroatoms. The minimum atomic E-state index is -0.394. The molecule has 0 spiro atoms. The van der Waals surface area contributed by atoms with Gasteiger partial charge in [0, 0.05) is 25.6 Å². The summed E-state index contributed by atoms with van der Waals surface area (Å²) < 4.78 is 0. The SMILES string of the molecule is CCCCCCN(C)C(=O)CC(C)(C)N. The number of hydrogen-bond donors (Lipinski definition) is 1. The normalized spacial score (nSPS) is 11.5. The van der Waals surface area contributed by atoms with Crippen LogP contribution in [0.15, 0.2) is 0 Å². The molecule has 0 rings (SSSR count). The summed E-state index contributed by atoms with van der Waals surface area (Å²) in [5, 5.41) is 0. The summed E-state index contributed by atoms with van der Waals surface area (Å²) in [6, 6.07) is 0. The van der Waals surface area contributed by atoms with E-state index in [1.165, 1.54) is 19.3 Å². The molecule has 0 heterocycles. The number of unbranched alkanes of at least 4 members (excludes halogenated alkanes) is 3. The lowest BCUT2D eigenvalue weighted by molar-refractivity contribution is -0.130. The van der Waals surface area contributed by atoms with Gasteiger partial charge in [0.15, 0.2) is 0 Å². The Morgan fingerprint density at radius 3 is 2.33 bits per heavy atom. The molecule has 0 atom stereocenters. The van der Waals surface area contributed by atoms with E-state index in [4.69, 9.17) is 5.73 Å². The lowest BCUT2D eigenvalue weighted by atomic mass is 10.0. The highest BCUT2D eigenvalue weighted by atomic mass is 16.2. The summed E-state index contributed by atoms with van der Waals surface area (Å²) in [6.45, 7) is 6.81. The van der Waals surface area contributed by atoms with Gasteiger partial charge >= 0.3 is 0 Å². The van der Waals surface area contributed by atoms with Crippen molar-refractivity contribution in [1.82, 2.24) is 4.90 Å². The molecule has 15 heavy (non-hydrogen) atoms. The van der Waals surface area contributed by atoms with Gasteiger partial charge in [-0.05, 0) is 20.3 Å². The molecule has 3 nitrogen and oxygen atoms in total. The molecule has 0 saturated carbocycles. The summed E-state index contributed by atoms with van der Waals surface area (Å²) in [6.07, 6.45) is 5.22. The summed E-state index contributed by atoms with van der Waals surface area (Å²) in [5.74, 6) is 0.152. The first-order valence-corrected chi connectivity index (χ1v) is 5.89. The number of hydrogen-bond acceptors (Lipinski definition) is 2. The first-order chi connectivity index (χ1) is 6.87. The second-order valence-corrected chi connectivity index (χ2v) is 5.04. The van der Waals surface area contributed by atoms with Gasteiger partial charge < -0.3 is 10.6 Å². The Kier molecular flexibility index (Phi) is 6.57. The Balaban J connectivity index is 3.70. The van der Waals surface area contributed by atoms with E-state index in [0.29, 0.717) is 6.42 Å². The van der Waals surface area contributed by atoms with Crippen LogP contribution in [0.3, 0.4) is 0 Å². The van der Waals surface area contributed by atoms with Crippen LogP contribution in [0, 0.1) is 0 Å². The van der Waals surface area contributed by atoms with Crippen LogP contribution in [0.1, 0.15) is 52.9 Å². The van der Waals surface area contributed by atoms with Crippen LogP contribution >= 0.6 is 0 Å². The van der Waals surface area contributed by atoms with Crippen molar-refractivity contribution in [2.24, 2.45) is 5.73 Å². The third kappa shape index (κ3) is 8.43. The van der Waals surface area contributed by atoms with Crippen LogP contribution < -0.4 is 5.73 Å². The molecule has 90 valence electrons. The Bertz CT molecular complexity index is 185. The number of carbonyl (C=O) groups is 1. The van der Waals surface area contributed by atoms with Gasteiger partial charge in [0.1, 0.15) is 0 Å². The summed E-state index contributed by atoms with van der Waals surface area (Å²) in [4.78, 5) is 13.5. The van der Waals surface area contributed by atoms with E-state index in [-0.39, 0.29) is 5.91 Å². The molecule has 0 aromatic heterocycles. The van der Waals surface area contributed by atoms with Gasteiger partial charge in [-0.2, -0.15) is 0 Å². The van der Waals surface area contributed by atoms with Gasteiger partial charge in [-0.15, -0.1) is 0 Å². The average Bonchev–Trinajstić information content (AvgIpc) is 2.09. The Morgan fingerprint density at radius 2 is 1.87 bits per heavy atom. The molecular formula is C12H26N2O. The second kappa shape index (κ2) is 6.83. The molecule has 0 saturated heterocycles. The smallest absolute Gasteiger partial charge is 0.224 e. The van der Waals surface area contributed by atoms with E-state index >= 15 is 0 Å². The zero-order valence-corrected chi connectivity index (χ0v) is 10.7. The van der Waals surface area contributed by atoms with E-state index in [0.717, 1.165) is 13.0 Å². The number of amides is 1. The van der Waals surface area contributed by atoms with E-state index in [1.54, 1.807) is 4.90 Å². The zero-order valence-electron chi connectivity index (χ0n) is 10.7. The van der Waals surface area contributed by atoms with Gasteiger partial charge in [0.25, 0.3) is 0 Å². The summed E-state index contributed by atoms with van der Waals surface area (Å²) in [5.41, 5.74) is 5.41. The predicted octanol–water partition coefficient (Wildman–Crippen LogP) is 2.15. The van der Waals surface area contributed by atoms with E-state index < -0.39 is 5.54 Å². The maximum Gasteiger partial charge on any atom is 0.224 e. The third-order valence-corrected chi connectivity index (χ3v) is 2.38. The fourth-order valence-electron chi connectivity index (χ4n) is 1.43. The molecule has 0 aromatic carbocycles. The number of nitrogens with zero attached hydrogens (tertiary/aromatic N) is 1. The van der Waals surface area contributed by atoms with Crippen molar-refractivity contribution in [3.05, 3.63) is 0 Å². The molecule has 0 bridgehead atoms. The number of carbonyl (C=O) groups excluding carboxylic acids is 1. The van der Waals surface area contributed by atoms with Crippen molar-refractivity contribution >= 4 is 5.91 Å². The van der Waals surface area contributed by atoms with Gasteiger partial charge in [0.2, 0.25) is 5.91 Å². The molecule has 0 fully saturated rings. The molecule has 1 amide bonds. The quantitative estimate of drug-likeness (QED) is 0.660. The Morgan fingerprint density at radius 1 is 1.27 bits per heavy atom. The fourth-order valence-corrected chi connectivity index (χ4v) is 1.43. The summed E-state index contributed by atoms with van der Waals surface area (Å²) in [7, 11) is 1.86. The lowest BCUT2D eigenvalue weighted by Gasteiger charge is -2.23. The zero-order chi connectivity index (χ0) is 11.9. The predicted molar refractivity (Wildman–Crippen MR) is 64.7 cm³/mol. The maximum absolute atomic E-state index is 11.7. The molecule has 0 aliphatic heterocycles. The highest BCUT2D eigenvalue weighted by Crippen LogP contribution is 2.07. The highest BCUT2D eigenvalue weighted by Gasteiger charge is 2.18. The standard InChI is InChI=1S/C12H26N2O/c1-5-6-7-8-9-14(4)11(15)10-12(2,3)13/h5-10,13H2,1-4H3. The second-order valence-electron chi connectivity index (χ2n) is 5.04. The Hall–Kier alpha value is -0.570. The molecule has 0 aromatic rings. The van der Waals surface area contributed by atoms with Crippen LogP contribution in [-0.2, 0) is 4.79 Å². The first-order valence-electron chi connectivity index (χ1n) is 5.89.